The highest BCUT2D eigenvalue weighted by atomic mass is 35.5. The topological polar surface area (TPSA) is 152 Å². The zero-order valence-corrected chi connectivity index (χ0v) is 45.6. The largest absolute Gasteiger partial charge is 0.512 e. The molecule has 0 bridgehead atoms. The molecule has 4 aliphatic rings. The van der Waals surface area contributed by atoms with Crippen molar-refractivity contribution in [1.29, 1.82) is 0 Å². The number of rotatable bonds is 18. The second-order valence-electron chi connectivity index (χ2n) is 19.6. The van der Waals surface area contributed by atoms with Gasteiger partial charge in [0.05, 0.1) is 94.1 Å². The van der Waals surface area contributed by atoms with E-state index in [-0.39, 0.29) is 31.1 Å². The lowest BCUT2D eigenvalue weighted by Gasteiger charge is -2.44. The molecule has 0 saturated carbocycles. The van der Waals surface area contributed by atoms with E-state index in [9.17, 15) is 19.2 Å². The van der Waals surface area contributed by atoms with Crippen LogP contribution in [0, 0.1) is 0 Å². The minimum absolute atomic E-state index is 0.00133. The number of amides is 2. The fourth-order valence-electron chi connectivity index (χ4n) is 10.1. The molecule has 19 heteroatoms. The summed E-state index contributed by atoms with van der Waals surface area (Å²) in [7, 11) is 0. The molecule has 6 heterocycles. The molecular formula is C56H64Cl2N8O7S2+2. The van der Waals surface area contributed by atoms with E-state index in [0.717, 1.165) is 130 Å². The van der Waals surface area contributed by atoms with Gasteiger partial charge in [-0.1, -0.05) is 97.8 Å². The standard InChI is InChI=1S/C28H31ClN4O4S.C28H31ClN4O3S/c1-2-3-6-15-36-28(35)37-19-33(12-9-20-16-21-17-26(34)30-24(21)18-23(20)29)13-10-32(11-14-33)27-22-7-4-5-8-25(22)38-31-27;1-2-3-4-9-27(35)36-19-33(13-10-20-16-21-17-26(34)30-24(21)18-23(20)29)14-11-32(12-15-33)28-22-7-5-6-8-25(22)37-31-28/h3-8,16,18H,2,9-15,17,19H2,1H3;3-8,16,18H,2,9-15,17,19H2,1H3/p+2/b6-3+;4-3+. The average molecular weight is 1100 g/mol. The highest BCUT2D eigenvalue weighted by Gasteiger charge is 2.38. The summed E-state index contributed by atoms with van der Waals surface area (Å²) in [5, 5.41) is 9.38. The normalized spacial score (nSPS) is 16.7. The van der Waals surface area contributed by atoms with Crippen LogP contribution in [0.2, 0.25) is 10.0 Å². The Hall–Kier alpha value is -6.08. The first-order chi connectivity index (χ1) is 36.4. The van der Waals surface area contributed by atoms with Gasteiger partial charge in [0, 0.05) is 45.0 Å². The maximum atomic E-state index is 12.4. The molecule has 10 rings (SSSR count). The van der Waals surface area contributed by atoms with Crippen LogP contribution in [-0.4, -0.2) is 127 Å². The highest BCUT2D eigenvalue weighted by Crippen LogP contribution is 2.35. The molecule has 2 N–H and O–H groups in total. The number of ether oxygens (including phenoxy) is 3. The summed E-state index contributed by atoms with van der Waals surface area (Å²) in [6.07, 6.45) is 11.3. The number of quaternary nitrogens is 2. The van der Waals surface area contributed by atoms with Gasteiger partial charge in [0.1, 0.15) is 6.61 Å². The third-order valence-electron chi connectivity index (χ3n) is 14.5. The fourth-order valence-corrected chi connectivity index (χ4v) is 12.2. The first-order valence-corrected chi connectivity index (χ1v) is 28.1. The summed E-state index contributed by atoms with van der Waals surface area (Å²) in [5.74, 6) is 1.85. The molecule has 0 radical (unpaired) electrons. The predicted molar refractivity (Wildman–Crippen MR) is 300 cm³/mol. The lowest BCUT2D eigenvalue weighted by atomic mass is 10.0. The number of allylic oxidation sites excluding steroid dienone is 2. The van der Waals surface area contributed by atoms with Gasteiger partial charge in [-0.3, -0.25) is 23.3 Å². The van der Waals surface area contributed by atoms with Crippen LogP contribution in [0.1, 0.15) is 55.4 Å². The summed E-state index contributed by atoms with van der Waals surface area (Å²) in [6, 6.07) is 24.4. The second kappa shape index (κ2) is 24.7. The lowest BCUT2D eigenvalue weighted by molar-refractivity contribution is -0.944. The van der Waals surface area contributed by atoms with Crippen molar-refractivity contribution in [3.05, 3.63) is 129 Å². The number of piperazine rings is 2. The summed E-state index contributed by atoms with van der Waals surface area (Å²) < 4.78 is 29.8. The van der Waals surface area contributed by atoms with Gasteiger partial charge in [0.15, 0.2) is 11.6 Å². The molecule has 2 aromatic heterocycles. The summed E-state index contributed by atoms with van der Waals surface area (Å²) in [6.45, 7) is 12.9. The van der Waals surface area contributed by atoms with Crippen molar-refractivity contribution < 1.29 is 42.4 Å². The van der Waals surface area contributed by atoms with E-state index >= 15 is 0 Å². The number of nitrogens with zero attached hydrogens (tertiary/aromatic N) is 6. The number of esters is 1. The Bertz CT molecular complexity index is 3090. The van der Waals surface area contributed by atoms with Crippen LogP contribution in [0.3, 0.4) is 0 Å². The molecule has 394 valence electrons. The number of hydrogen-bond donors (Lipinski definition) is 2. The third kappa shape index (κ3) is 13.3. The van der Waals surface area contributed by atoms with E-state index in [0.29, 0.717) is 51.4 Å². The van der Waals surface area contributed by atoms with Crippen LogP contribution in [-0.2, 0) is 54.3 Å². The zero-order valence-electron chi connectivity index (χ0n) is 42.5. The second-order valence-corrected chi connectivity index (χ2v) is 22.0. The number of carbonyl (C=O) groups excluding carboxylic acids is 4. The number of carbonyl (C=O) groups is 4. The molecule has 0 atom stereocenters. The SMILES string of the molecule is CC/C=C/CC(=O)OC[N+]1(CCc2cc3c(cc2Cl)NC(=O)C3)CCN(c2nsc3ccccc23)CC1.CC/C=C/COC(=O)OC[N+]1(CCc2cc3c(cc2Cl)NC(=O)C3)CCN(c2nsc3ccccc23)CC1. The first kappa shape index (κ1) is 53.7. The fraction of sp³-hybridized carbons (Fsp3) is 0.393. The molecule has 0 unspecified atom stereocenters. The molecular weight excluding hydrogens is 1030 g/mol. The molecule has 2 fully saturated rings. The van der Waals surface area contributed by atoms with Gasteiger partial charge < -0.3 is 34.6 Å². The van der Waals surface area contributed by atoms with Crippen LogP contribution in [0.15, 0.2) is 97.1 Å². The third-order valence-corrected chi connectivity index (χ3v) is 16.9. The molecule has 75 heavy (non-hydrogen) atoms. The van der Waals surface area contributed by atoms with Gasteiger partial charge >= 0.3 is 12.1 Å². The van der Waals surface area contributed by atoms with E-state index in [1.165, 1.54) is 43.2 Å². The molecule has 15 nitrogen and oxygen atoms in total. The first-order valence-electron chi connectivity index (χ1n) is 25.8. The van der Waals surface area contributed by atoms with Gasteiger partial charge in [-0.05, 0) is 94.6 Å². The number of aromatic nitrogens is 2. The molecule has 4 aliphatic heterocycles. The van der Waals surface area contributed by atoms with Gasteiger partial charge in [0.25, 0.3) is 0 Å². The Kier molecular flexibility index (Phi) is 17.7. The Morgan fingerprint density at radius 1 is 0.640 bits per heavy atom. The quantitative estimate of drug-likeness (QED) is 0.0481. The molecule has 0 spiro atoms. The Morgan fingerprint density at radius 2 is 1.11 bits per heavy atom. The average Bonchev–Trinajstić information content (AvgIpc) is 4.22. The van der Waals surface area contributed by atoms with Crippen molar-refractivity contribution in [2.24, 2.45) is 0 Å². The minimum Gasteiger partial charge on any atom is -0.430 e. The predicted octanol–water partition coefficient (Wildman–Crippen LogP) is 10.6. The number of hydrogen-bond acceptors (Lipinski definition) is 13. The van der Waals surface area contributed by atoms with Gasteiger partial charge in [-0.15, -0.1) is 0 Å². The van der Waals surface area contributed by atoms with E-state index in [2.05, 4.69) is 50.8 Å². The number of anilines is 4. The van der Waals surface area contributed by atoms with E-state index < -0.39 is 6.16 Å². The number of fused-ring (bicyclic) bond motifs is 4. The van der Waals surface area contributed by atoms with Crippen LogP contribution >= 0.6 is 46.3 Å². The van der Waals surface area contributed by atoms with Crippen molar-refractivity contribution in [2.75, 3.05) is 106 Å². The van der Waals surface area contributed by atoms with Crippen molar-refractivity contribution in [2.45, 2.75) is 58.8 Å². The molecule has 6 aromatic rings. The minimum atomic E-state index is -0.656. The van der Waals surface area contributed by atoms with Crippen LogP contribution in [0.5, 0.6) is 0 Å². The smallest absolute Gasteiger partial charge is 0.430 e. The Morgan fingerprint density at radius 3 is 1.60 bits per heavy atom. The highest BCUT2D eigenvalue weighted by molar-refractivity contribution is 7.14. The number of nitrogens with one attached hydrogen (secondary N) is 2. The zero-order chi connectivity index (χ0) is 52.4. The van der Waals surface area contributed by atoms with Crippen molar-refractivity contribution in [1.82, 2.24) is 8.75 Å². The molecule has 2 saturated heterocycles. The maximum Gasteiger partial charge on any atom is 0.512 e. The van der Waals surface area contributed by atoms with E-state index in [1.807, 2.05) is 80.6 Å². The lowest BCUT2D eigenvalue weighted by Crippen LogP contribution is -2.61. The number of benzene rings is 4. The van der Waals surface area contributed by atoms with Gasteiger partial charge in [-0.2, -0.15) is 8.75 Å². The van der Waals surface area contributed by atoms with Crippen molar-refractivity contribution >= 4 is 113 Å². The maximum absolute atomic E-state index is 12.4. The number of halogens is 2. The Balaban J connectivity index is 0.000000184. The summed E-state index contributed by atoms with van der Waals surface area (Å²) in [4.78, 5) is 53.0. The summed E-state index contributed by atoms with van der Waals surface area (Å²) in [5.41, 5.74) is 5.59. The van der Waals surface area contributed by atoms with E-state index in [1.54, 1.807) is 0 Å². The van der Waals surface area contributed by atoms with Crippen LogP contribution < -0.4 is 20.4 Å². The Labute approximate surface area is 456 Å². The molecule has 2 amide bonds. The molecule has 0 aliphatic carbocycles. The van der Waals surface area contributed by atoms with E-state index in [4.69, 9.17) is 46.2 Å². The molecule has 4 aromatic carbocycles. The monoisotopic (exact) mass is 1090 g/mol. The van der Waals surface area contributed by atoms with Crippen LogP contribution in [0.4, 0.5) is 27.8 Å². The van der Waals surface area contributed by atoms with Gasteiger partial charge in [0.2, 0.25) is 25.3 Å². The van der Waals surface area contributed by atoms with Crippen LogP contribution in [0.25, 0.3) is 20.2 Å². The van der Waals surface area contributed by atoms with Crippen molar-refractivity contribution in [3.63, 3.8) is 0 Å². The van der Waals surface area contributed by atoms with Gasteiger partial charge in [-0.25, -0.2) is 4.79 Å². The summed E-state index contributed by atoms with van der Waals surface area (Å²) >= 11 is 16.2. The van der Waals surface area contributed by atoms with Crippen molar-refractivity contribution in [3.8, 4) is 0 Å².